The Hall–Kier alpha value is -0.250. The van der Waals surface area contributed by atoms with Crippen LogP contribution in [0.15, 0.2) is 16.6 Å². The fraction of sp³-hybridized carbons (Fsp3) is 0.125. The van der Waals surface area contributed by atoms with Crippen LogP contribution in [0, 0.1) is 0 Å². The zero-order chi connectivity index (χ0) is 9.59. The SMILES string of the molecule is Cn1nc(Cl)c2c(Cl)c(Br)ccc21. The average Bonchev–Trinajstić information content (AvgIpc) is 2.35. The van der Waals surface area contributed by atoms with Gasteiger partial charge in [-0.2, -0.15) is 5.10 Å². The molecule has 0 aliphatic rings. The number of rotatable bonds is 0. The van der Waals surface area contributed by atoms with Gasteiger partial charge in [-0.1, -0.05) is 23.2 Å². The van der Waals surface area contributed by atoms with Gasteiger partial charge in [-0.05, 0) is 28.1 Å². The Kier molecular flexibility index (Phi) is 2.26. The predicted octanol–water partition coefficient (Wildman–Crippen LogP) is 3.64. The molecular formula is C8H5BrCl2N2. The summed E-state index contributed by atoms with van der Waals surface area (Å²) in [5.41, 5.74) is 0.929. The molecule has 1 aromatic carbocycles. The Morgan fingerprint density at radius 3 is 2.77 bits per heavy atom. The first-order chi connectivity index (χ1) is 6.11. The van der Waals surface area contributed by atoms with Gasteiger partial charge in [-0.15, -0.1) is 0 Å². The van der Waals surface area contributed by atoms with Crippen LogP contribution in [0.2, 0.25) is 10.2 Å². The van der Waals surface area contributed by atoms with E-state index in [9.17, 15) is 0 Å². The molecule has 0 saturated carbocycles. The lowest BCUT2D eigenvalue weighted by Crippen LogP contribution is -1.88. The van der Waals surface area contributed by atoms with Gasteiger partial charge in [0, 0.05) is 11.5 Å². The first-order valence-electron chi connectivity index (χ1n) is 3.57. The normalized spacial score (nSPS) is 11.1. The molecule has 2 nitrogen and oxygen atoms in total. The molecule has 0 N–H and O–H groups in total. The van der Waals surface area contributed by atoms with E-state index in [1.54, 1.807) is 4.68 Å². The molecule has 0 radical (unpaired) electrons. The molecule has 0 fully saturated rings. The van der Waals surface area contributed by atoms with Crippen molar-refractivity contribution in [3.8, 4) is 0 Å². The number of fused-ring (bicyclic) bond motifs is 1. The van der Waals surface area contributed by atoms with Crippen LogP contribution in [0.1, 0.15) is 0 Å². The minimum atomic E-state index is 0.434. The summed E-state index contributed by atoms with van der Waals surface area (Å²) in [6, 6.07) is 3.80. The average molecular weight is 280 g/mol. The van der Waals surface area contributed by atoms with E-state index in [4.69, 9.17) is 23.2 Å². The van der Waals surface area contributed by atoms with Crippen LogP contribution in [0.3, 0.4) is 0 Å². The lowest BCUT2D eigenvalue weighted by molar-refractivity contribution is 0.797. The molecule has 13 heavy (non-hydrogen) atoms. The second-order valence-electron chi connectivity index (χ2n) is 2.67. The molecule has 0 amide bonds. The summed E-state index contributed by atoms with van der Waals surface area (Å²) < 4.78 is 2.53. The molecule has 0 unspecified atom stereocenters. The van der Waals surface area contributed by atoms with Crippen molar-refractivity contribution in [2.24, 2.45) is 7.05 Å². The largest absolute Gasteiger partial charge is 0.266 e. The molecule has 0 aliphatic heterocycles. The summed E-state index contributed by atoms with van der Waals surface area (Å²) in [4.78, 5) is 0. The first kappa shape index (κ1) is 9.31. The van der Waals surface area contributed by atoms with Crippen molar-refractivity contribution in [1.29, 1.82) is 0 Å². The van der Waals surface area contributed by atoms with Gasteiger partial charge in [0.05, 0.1) is 15.9 Å². The molecule has 2 rings (SSSR count). The summed E-state index contributed by atoms with van der Waals surface area (Å²) in [5.74, 6) is 0. The van der Waals surface area contributed by atoms with Crippen molar-refractivity contribution in [3.05, 3.63) is 26.8 Å². The maximum Gasteiger partial charge on any atom is 0.160 e. The highest BCUT2D eigenvalue weighted by atomic mass is 79.9. The Morgan fingerprint density at radius 1 is 1.38 bits per heavy atom. The molecule has 0 bridgehead atoms. The quantitative estimate of drug-likeness (QED) is 0.720. The van der Waals surface area contributed by atoms with Crippen molar-refractivity contribution < 1.29 is 0 Å². The second kappa shape index (κ2) is 3.15. The summed E-state index contributed by atoms with van der Waals surface area (Å²) in [7, 11) is 1.83. The van der Waals surface area contributed by atoms with Gasteiger partial charge in [0.2, 0.25) is 0 Å². The van der Waals surface area contributed by atoms with Crippen LogP contribution < -0.4 is 0 Å². The highest BCUT2D eigenvalue weighted by Crippen LogP contribution is 2.34. The Labute approximate surface area is 93.6 Å². The van der Waals surface area contributed by atoms with Crippen molar-refractivity contribution in [2.75, 3.05) is 0 Å². The van der Waals surface area contributed by atoms with E-state index in [0.29, 0.717) is 10.2 Å². The summed E-state index contributed by atoms with van der Waals surface area (Å²) in [6.07, 6.45) is 0. The Bertz CT molecular complexity index is 478. The van der Waals surface area contributed by atoms with Crippen LogP contribution in [0.4, 0.5) is 0 Å². The van der Waals surface area contributed by atoms with Crippen LogP contribution in [-0.4, -0.2) is 9.78 Å². The van der Waals surface area contributed by atoms with E-state index in [0.717, 1.165) is 15.4 Å². The number of aromatic nitrogens is 2. The number of hydrogen-bond acceptors (Lipinski definition) is 1. The molecule has 0 spiro atoms. The Morgan fingerprint density at radius 2 is 2.08 bits per heavy atom. The highest BCUT2D eigenvalue weighted by Gasteiger charge is 2.11. The molecule has 0 aliphatic carbocycles. The predicted molar refractivity (Wildman–Crippen MR) is 58.4 cm³/mol. The fourth-order valence-electron chi connectivity index (χ4n) is 1.24. The molecule has 2 aromatic rings. The monoisotopic (exact) mass is 278 g/mol. The van der Waals surface area contributed by atoms with E-state index < -0.39 is 0 Å². The second-order valence-corrected chi connectivity index (χ2v) is 4.26. The molecule has 68 valence electrons. The first-order valence-corrected chi connectivity index (χ1v) is 5.12. The smallest absolute Gasteiger partial charge is 0.160 e. The maximum atomic E-state index is 6.06. The topological polar surface area (TPSA) is 17.8 Å². The molecule has 1 aromatic heterocycles. The summed E-state index contributed by atoms with van der Waals surface area (Å²) >= 11 is 15.3. The zero-order valence-electron chi connectivity index (χ0n) is 6.68. The highest BCUT2D eigenvalue weighted by molar-refractivity contribution is 9.10. The molecule has 5 heteroatoms. The van der Waals surface area contributed by atoms with Crippen molar-refractivity contribution >= 4 is 50.0 Å². The van der Waals surface area contributed by atoms with Crippen LogP contribution in [-0.2, 0) is 7.05 Å². The van der Waals surface area contributed by atoms with Crippen LogP contribution >= 0.6 is 39.1 Å². The van der Waals surface area contributed by atoms with E-state index in [2.05, 4.69) is 21.0 Å². The molecule has 0 saturated heterocycles. The van der Waals surface area contributed by atoms with E-state index in [1.807, 2.05) is 19.2 Å². The minimum absolute atomic E-state index is 0.434. The van der Waals surface area contributed by atoms with Gasteiger partial charge < -0.3 is 0 Å². The lowest BCUT2D eigenvalue weighted by Gasteiger charge is -1.97. The van der Waals surface area contributed by atoms with Gasteiger partial charge in [0.15, 0.2) is 5.15 Å². The fourth-order valence-corrected chi connectivity index (χ4v) is 2.17. The summed E-state index contributed by atoms with van der Waals surface area (Å²) in [6.45, 7) is 0. The minimum Gasteiger partial charge on any atom is -0.266 e. The summed E-state index contributed by atoms with van der Waals surface area (Å²) in [5, 5.41) is 5.90. The number of aryl methyl sites for hydroxylation is 1. The lowest BCUT2D eigenvalue weighted by atomic mass is 10.2. The number of hydrogen-bond donors (Lipinski definition) is 0. The van der Waals surface area contributed by atoms with Crippen LogP contribution in [0.5, 0.6) is 0 Å². The van der Waals surface area contributed by atoms with Gasteiger partial charge in [0.1, 0.15) is 0 Å². The van der Waals surface area contributed by atoms with E-state index in [1.165, 1.54) is 0 Å². The third-order valence-electron chi connectivity index (χ3n) is 1.87. The maximum absolute atomic E-state index is 6.06. The molecule has 1 heterocycles. The van der Waals surface area contributed by atoms with Crippen LogP contribution in [0.25, 0.3) is 10.9 Å². The molecular weight excluding hydrogens is 275 g/mol. The van der Waals surface area contributed by atoms with Crippen molar-refractivity contribution in [3.63, 3.8) is 0 Å². The Balaban J connectivity index is 2.98. The zero-order valence-corrected chi connectivity index (χ0v) is 9.78. The number of nitrogens with zero attached hydrogens (tertiary/aromatic N) is 2. The third kappa shape index (κ3) is 1.35. The third-order valence-corrected chi connectivity index (χ3v) is 3.41. The van der Waals surface area contributed by atoms with Crippen molar-refractivity contribution in [2.45, 2.75) is 0 Å². The van der Waals surface area contributed by atoms with E-state index in [-0.39, 0.29) is 0 Å². The molecule has 0 atom stereocenters. The van der Waals surface area contributed by atoms with E-state index >= 15 is 0 Å². The van der Waals surface area contributed by atoms with Gasteiger partial charge in [-0.3, -0.25) is 4.68 Å². The van der Waals surface area contributed by atoms with Gasteiger partial charge in [0.25, 0.3) is 0 Å². The number of benzene rings is 1. The van der Waals surface area contributed by atoms with Gasteiger partial charge in [-0.25, -0.2) is 0 Å². The number of halogens is 3. The van der Waals surface area contributed by atoms with Crippen molar-refractivity contribution in [1.82, 2.24) is 9.78 Å². The van der Waals surface area contributed by atoms with Gasteiger partial charge >= 0.3 is 0 Å². The standard InChI is InChI=1S/C8H5BrCl2N2/c1-13-5-3-2-4(9)7(10)6(5)8(11)12-13/h2-3H,1H3.